The Morgan fingerprint density at radius 3 is 2.78 bits per heavy atom. The lowest BCUT2D eigenvalue weighted by atomic mass is 10.2. The number of para-hydroxylation sites is 1. The molecule has 1 saturated heterocycles. The molecule has 1 aromatic carbocycles. The predicted molar refractivity (Wildman–Crippen MR) is 78.5 cm³/mol. The summed E-state index contributed by atoms with van der Waals surface area (Å²) in [6, 6.07) is 7.59. The predicted octanol–water partition coefficient (Wildman–Crippen LogP) is 2.92. The first-order valence-corrected chi connectivity index (χ1v) is 6.78. The zero-order valence-corrected chi connectivity index (χ0v) is 11.8. The summed E-state index contributed by atoms with van der Waals surface area (Å²) in [6.45, 7) is 2.52. The number of carbonyl (C=O) groups excluding carboxylic acids is 1. The number of likely N-dealkylation sites (N-methyl/N-ethyl adjacent to an activating group) is 1. The van der Waals surface area contributed by atoms with E-state index in [0.29, 0.717) is 15.8 Å². The smallest absolute Gasteiger partial charge is 0.266 e. The number of hydrogen-bond donors (Lipinski definition) is 0. The second kappa shape index (κ2) is 5.54. The third-order valence-corrected chi connectivity index (χ3v) is 3.99. The summed E-state index contributed by atoms with van der Waals surface area (Å²) < 4.78 is 5.87. The molecule has 0 saturated carbocycles. The van der Waals surface area contributed by atoms with Crippen molar-refractivity contribution < 1.29 is 9.53 Å². The number of carbonyl (C=O) groups is 1. The topological polar surface area (TPSA) is 29.5 Å². The maximum absolute atomic E-state index is 12.1. The summed E-state index contributed by atoms with van der Waals surface area (Å²) >= 11 is 6.50. The molecule has 0 aliphatic carbocycles. The minimum Gasteiger partial charge on any atom is -0.496 e. The summed E-state index contributed by atoms with van der Waals surface area (Å²) in [7, 11) is 1.62. The van der Waals surface area contributed by atoms with Crippen LogP contribution in [0.3, 0.4) is 0 Å². The van der Waals surface area contributed by atoms with Gasteiger partial charge in [0, 0.05) is 12.1 Å². The first-order chi connectivity index (χ1) is 8.67. The summed E-state index contributed by atoms with van der Waals surface area (Å²) in [4.78, 5) is 14.3. The molecule has 1 fully saturated rings. The van der Waals surface area contributed by atoms with Gasteiger partial charge in [-0.3, -0.25) is 9.69 Å². The molecule has 0 unspecified atom stereocenters. The standard InChI is InChI=1S/C13H13NO2S2/c1-3-14-12(15)11(18-13(14)17)8-9-6-4-5-7-10(9)16-2/h4-8H,3H2,1-2H3/b11-8-. The number of ether oxygens (including phenoxy) is 1. The summed E-state index contributed by atoms with van der Waals surface area (Å²) in [6.07, 6.45) is 1.83. The molecule has 0 spiro atoms. The SMILES string of the molecule is CCN1C(=O)/C(=C/c2ccccc2OC)SC1=S. The van der Waals surface area contributed by atoms with Gasteiger partial charge >= 0.3 is 0 Å². The van der Waals surface area contributed by atoms with Crippen LogP contribution >= 0.6 is 24.0 Å². The maximum atomic E-state index is 12.1. The van der Waals surface area contributed by atoms with Crippen LogP contribution in [0.25, 0.3) is 6.08 Å². The largest absolute Gasteiger partial charge is 0.496 e. The molecule has 0 radical (unpaired) electrons. The second-order valence-corrected chi connectivity index (χ2v) is 5.34. The third kappa shape index (κ3) is 2.42. The molecule has 1 amide bonds. The van der Waals surface area contributed by atoms with Crippen molar-refractivity contribution in [2.24, 2.45) is 0 Å². The van der Waals surface area contributed by atoms with Gasteiger partial charge in [0.05, 0.1) is 12.0 Å². The molecular formula is C13H13NO2S2. The fraction of sp³-hybridized carbons (Fsp3) is 0.231. The van der Waals surface area contributed by atoms with Crippen molar-refractivity contribution in [1.29, 1.82) is 0 Å². The third-order valence-electron chi connectivity index (χ3n) is 2.62. The molecule has 0 bridgehead atoms. The number of nitrogens with zero attached hydrogens (tertiary/aromatic N) is 1. The highest BCUT2D eigenvalue weighted by molar-refractivity contribution is 8.26. The number of rotatable bonds is 3. The van der Waals surface area contributed by atoms with E-state index in [4.69, 9.17) is 17.0 Å². The number of methoxy groups -OCH3 is 1. The van der Waals surface area contributed by atoms with Crippen LogP contribution < -0.4 is 4.74 Å². The zero-order valence-electron chi connectivity index (χ0n) is 10.2. The lowest BCUT2D eigenvalue weighted by Gasteiger charge is -2.09. The van der Waals surface area contributed by atoms with Crippen molar-refractivity contribution >= 4 is 40.3 Å². The van der Waals surface area contributed by atoms with E-state index in [-0.39, 0.29) is 5.91 Å². The van der Waals surface area contributed by atoms with Gasteiger partial charge in [-0.05, 0) is 19.1 Å². The van der Waals surface area contributed by atoms with Crippen molar-refractivity contribution in [2.45, 2.75) is 6.92 Å². The number of benzene rings is 1. The van der Waals surface area contributed by atoms with Crippen LogP contribution in [-0.4, -0.2) is 28.8 Å². The molecule has 1 aromatic rings. The lowest BCUT2D eigenvalue weighted by molar-refractivity contribution is -0.121. The molecule has 0 N–H and O–H groups in total. The van der Waals surface area contributed by atoms with Crippen molar-refractivity contribution in [1.82, 2.24) is 4.90 Å². The van der Waals surface area contributed by atoms with E-state index in [1.807, 2.05) is 37.3 Å². The molecule has 0 atom stereocenters. The molecule has 1 aliphatic rings. The van der Waals surface area contributed by atoms with Crippen LogP contribution in [0.4, 0.5) is 0 Å². The lowest BCUT2D eigenvalue weighted by Crippen LogP contribution is -2.27. The Hall–Kier alpha value is -1.33. The van der Waals surface area contributed by atoms with E-state index in [2.05, 4.69) is 0 Å². The quantitative estimate of drug-likeness (QED) is 0.628. The van der Waals surface area contributed by atoms with E-state index in [0.717, 1.165) is 11.3 Å². The van der Waals surface area contributed by atoms with Crippen molar-refractivity contribution in [3.05, 3.63) is 34.7 Å². The average Bonchev–Trinajstić information content (AvgIpc) is 2.65. The van der Waals surface area contributed by atoms with Gasteiger partial charge in [0.15, 0.2) is 0 Å². The Balaban J connectivity index is 2.35. The number of hydrogen-bond acceptors (Lipinski definition) is 4. The van der Waals surface area contributed by atoms with Crippen molar-refractivity contribution in [2.75, 3.05) is 13.7 Å². The molecule has 1 heterocycles. The minimum atomic E-state index is -0.0293. The summed E-state index contributed by atoms with van der Waals surface area (Å²) in [5.74, 6) is 0.720. The van der Waals surface area contributed by atoms with E-state index < -0.39 is 0 Å². The molecule has 94 valence electrons. The Morgan fingerprint density at radius 2 is 2.17 bits per heavy atom. The normalized spacial score (nSPS) is 17.7. The number of amides is 1. The van der Waals surface area contributed by atoms with Crippen LogP contribution in [0, 0.1) is 0 Å². The molecule has 1 aliphatic heterocycles. The molecule has 18 heavy (non-hydrogen) atoms. The van der Waals surface area contributed by atoms with Crippen LogP contribution in [0.2, 0.25) is 0 Å². The van der Waals surface area contributed by atoms with Gasteiger partial charge in [-0.25, -0.2) is 0 Å². The van der Waals surface area contributed by atoms with Gasteiger partial charge in [-0.2, -0.15) is 0 Å². The van der Waals surface area contributed by atoms with Gasteiger partial charge < -0.3 is 4.74 Å². The fourth-order valence-electron chi connectivity index (χ4n) is 1.70. The van der Waals surface area contributed by atoms with Crippen LogP contribution in [0.15, 0.2) is 29.2 Å². The average molecular weight is 279 g/mol. The Bertz CT molecular complexity index is 525. The number of thiocarbonyl (C=S) groups is 1. The first-order valence-electron chi connectivity index (χ1n) is 5.55. The zero-order chi connectivity index (χ0) is 13.1. The highest BCUT2D eigenvalue weighted by Crippen LogP contribution is 2.33. The van der Waals surface area contributed by atoms with Gasteiger partial charge in [-0.1, -0.05) is 42.2 Å². The molecular weight excluding hydrogens is 266 g/mol. The molecule has 0 aromatic heterocycles. The van der Waals surface area contributed by atoms with Crippen LogP contribution in [-0.2, 0) is 4.79 Å². The Labute approximate surface area is 116 Å². The minimum absolute atomic E-state index is 0.0293. The fourth-order valence-corrected chi connectivity index (χ4v) is 3.07. The van der Waals surface area contributed by atoms with Crippen LogP contribution in [0.1, 0.15) is 12.5 Å². The van der Waals surface area contributed by atoms with Gasteiger partial charge in [0.2, 0.25) is 0 Å². The highest BCUT2D eigenvalue weighted by Gasteiger charge is 2.30. The molecule has 3 nitrogen and oxygen atoms in total. The van der Waals surface area contributed by atoms with Crippen molar-refractivity contribution in [3.63, 3.8) is 0 Å². The first kappa shape index (κ1) is 13.1. The van der Waals surface area contributed by atoms with E-state index in [9.17, 15) is 4.79 Å². The highest BCUT2D eigenvalue weighted by atomic mass is 32.2. The van der Waals surface area contributed by atoms with Crippen molar-refractivity contribution in [3.8, 4) is 5.75 Å². The van der Waals surface area contributed by atoms with Gasteiger partial charge in [0.25, 0.3) is 5.91 Å². The monoisotopic (exact) mass is 279 g/mol. The van der Waals surface area contributed by atoms with E-state index in [1.165, 1.54) is 11.8 Å². The van der Waals surface area contributed by atoms with Gasteiger partial charge in [0.1, 0.15) is 10.1 Å². The van der Waals surface area contributed by atoms with E-state index >= 15 is 0 Å². The van der Waals surface area contributed by atoms with Crippen LogP contribution in [0.5, 0.6) is 5.75 Å². The second-order valence-electron chi connectivity index (χ2n) is 3.67. The Morgan fingerprint density at radius 1 is 1.44 bits per heavy atom. The molecule has 5 heteroatoms. The summed E-state index contributed by atoms with van der Waals surface area (Å²) in [5, 5.41) is 0. The number of thioether (sulfide) groups is 1. The maximum Gasteiger partial charge on any atom is 0.266 e. The molecule has 2 rings (SSSR count). The summed E-state index contributed by atoms with van der Waals surface area (Å²) in [5.41, 5.74) is 0.886. The van der Waals surface area contributed by atoms with Gasteiger partial charge in [-0.15, -0.1) is 0 Å². The van der Waals surface area contributed by atoms with E-state index in [1.54, 1.807) is 12.0 Å². The Kier molecular flexibility index (Phi) is 4.04.